The predicted octanol–water partition coefficient (Wildman–Crippen LogP) is 1.55. The van der Waals surface area contributed by atoms with Gasteiger partial charge in [0.1, 0.15) is 0 Å². The van der Waals surface area contributed by atoms with Crippen LogP contribution in [0.15, 0.2) is 29.1 Å². The third kappa shape index (κ3) is 3.66. The van der Waals surface area contributed by atoms with Gasteiger partial charge in [-0.25, -0.2) is 0 Å². The standard InChI is InChI=1S/C18H25N3O3/c1-5-6-14(19-3)17(23)18(24)21(4)12-7-8-13-11(2)9-16(22)20-15(13)10-12/h7-10,14,18-19,24H,5-6H2,1-4H3,(H,20,22). The summed E-state index contributed by atoms with van der Waals surface area (Å²) in [6, 6.07) is 6.65. The monoisotopic (exact) mass is 331 g/mol. The van der Waals surface area contributed by atoms with E-state index in [1.54, 1.807) is 26.2 Å². The van der Waals surface area contributed by atoms with E-state index in [-0.39, 0.29) is 17.4 Å². The number of hydrogen-bond acceptors (Lipinski definition) is 5. The summed E-state index contributed by atoms with van der Waals surface area (Å²) < 4.78 is 0. The van der Waals surface area contributed by atoms with Crippen LogP contribution in [-0.4, -0.2) is 42.2 Å². The van der Waals surface area contributed by atoms with Crippen LogP contribution in [0.25, 0.3) is 10.9 Å². The van der Waals surface area contributed by atoms with Crippen molar-refractivity contribution in [3.05, 3.63) is 40.2 Å². The summed E-state index contributed by atoms with van der Waals surface area (Å²) in [5, 5.41) is 14.3. The summed E-state index contributed by atoms with van der Waals surface area (Å²) in [6.07, 6.45) is 0.275. The third-order valence-electron chi connectivity index (χ3n) is 4.33. The maximum Gasteiger partial charge on any atom is 0.248 e. The van der Waals surface area contributed by atoms with Crippen LogP contribution in [-0.2, 0) is 4.79 Å². The Balaban J connectivity index is 2.31. The summed E-state index contributed by atoms with van der Waals surface area (Å²) in [5.41, 5.74) is 2.06. The average Bonchev–Trinajstić information content (AvgIpc) is 2.57. The van der Waals surface area contributed by atoms with Gasteiger partial charge in [0.05, 0.1) is 11.6 Å². The first-order valence-corrected chi connectivity index (χ1v) is 8.14. The number of aliphatic hydroxyl groups excluding tert-OH is 1. The van der Waals surface area contributed by atoms with Gasteiger partial charge in [0, 0.05) is 24.2 Å². The molecule has 130 valence electrons. The number of carbonyl (C=O) groups is 1. The molecule has 0 aliphatic heterocycles. The van der Waals surface area contributed by atoms with Gasteiger partial charge < -0.3 is 20.3 Å². The fraction of sp³-hybridized carbons (Fsp3) is 0.444. The maximum atomic E-state index is 12.4. The quantitative estimate of drug-likeness (QED) is 0.670. The van der Waals surface area contributed by atoms with Gasteiger partial charge in [-0.15, -0.1) is 0 Å². The first-order valence-electron chi connectivity index (χ1n) is 8.14. The molecule has 0 bridgehead atoms. The molecule has 6 heteroatoms. The van der Waals surface area contributed by atoms with E-state index >= 15 is 0 Å². The number of aliphatic hydroxyl groups is 1. The summed E-state index contributed by atoms with van der Waals surface area (Å²) >= 11 is 0. The number of nitrogens with one attached hydrogen (secondary N) is 2. The van der Waals surface area contributed by atoms with Gasteiger partial charge in [-0.2, -0.15) is 0 Å². The second-order valence-corrected chi connectivity index (χ2v) is 6.06. The molecule has 6 nitrogen and oxygen atoms in total. The van der Waals surface area contributed by atoms with E-state index in [9.17, 15) is 14.7 Å². The molecule has 0 amide bonds. The molecule has 0 spiro atoms. The molecule has 0 aliphatic rings. The smallest absolute Gasteiger partial charge is 0.248 e. The first-order chi connectivity index (χ1) is 11.4. The highest BCUT2D eigenvalue weighted by Crippen LogP contribution is 2.23. The van der Waals surface area contributed by atoms with Crippen LogP contribution >= 0.6 is 0 Å². The maximum absolute atomic E-state index is 12.4. The fourth-order valence-corrected chi connectivity index (χ4v) is 2.87. The van der Waals surface area contributed by atoms with E-state index in [1.807, 2.05) is 26.0 Å². The molecule has 0 aliphatic carbocycles. The van der Waals surface area contributed by atoms with E-state index in [2.05, 4.69) is 10.3 Å². The minimum Gasteiger partial charge on any atom is -0.367 e. The van der Waals surface area contributed by atoms with Crippen LogP contribution in [0.3, 0.4) is 0 Å². The second kappa shape index (κ2) is 7.59. The Labute approximate surface area is 141 Å². The highest BCUT2D eigenvalue weighted by Gasteiger charge is 2.27. The number of likely N-dealkylation sites (N-methyl/N-ethyl adjacent to an activating group) is 2. The van der Waals surface area contributed by atoms with E-state index in [1.165, 1.54) is 4.90 Å². The average molecular weight is 331 g/mol. The largest absolute Gasteiger partial charge is 0.367 e. The number of ketones is 1. The van der Waals surface area contributed by atoms with Crippen LogP contribution in [0.4, 0.5) is 5.69 Å². The van der Waals surface area contributed by atoms with Crippen molar-refractivity contribution in [1.82, 2.24) is 10.3 Å². The number of aromatic nitrogens is 1. The van der Waals surface area contributed by atoms with Crippen molar-refractivity contribution in [3.8, 4) is 0 Å². The van der Waals surface area contributed by atoms with Crippen molar-refractivity contribution in [2.24, 2.45) is 0 Å². The molecule has 2 rings (SSSR count). The van der Waals surface area contributed by atoms with E-state index < -0.39 is 6.23 Å². The van der Waals surface area contributed by atoms with Crippen molar-refractivity contribution in [2.75, 3.05) is 19.0 Å². The minimum atomic E-state index is -1.25. The lowest BCUT2D eigenvalue weighted by molar-refractivity contribution is -0.129. The zero-order valence-corrected chi connectivity index (χ0v) is 14.6. The highest BCUT2D eigenvalue weighted by atomic mass is 16.3. The molecule has 1 aromatic heterocycles. The number of Topliss-reactive ketones (excluding diaryl/α,β-unsaturated/α-hetero) is 1. The highest BCUT2D eigenvalue weighted by molar-refractivity contribution is 5.91. The zero-order chi connectivity index (χ0) is 17.9. The Bertz CT molecular complexity index is 785. The molecule has 2 unspecified atom stereocenters. The van der Waals surface area contributed by atoms with Gasteiger partial charge in [-0.1, -0.05) is 19.4 Å². The summed E-state index contributed by atoms with van der Waals surface area (Å²) in [4.78, 5) is 28.4. The summed E-state index contributed by atoms with van der Waals surface area (Å²) in [7, 11) is 3.38. The molecule has 1 heterocycles. The number of hydrogen-bond donors (Lipinski definition) is 3. The van der Waals surface area contributed by atoms with E-state index in [0.29, 0.717) is 17.6 Å². The topological polar surface area (TPSA) is 85.4 Å². The molecule has 0 radical (unpaired) electrons. The number of nitrogens with zero attached hydrogens (tertiary/aromatic N) is 1. The second-order valence-electron chi connectivity index (χ2n) is 6.06. The number of aromatic amines is 1. The van der Waals surface area contributed by atoms with Gasteiger partial charge >= 0.3 is 0 Å². The first kappa shape index (κ1) is 18.2. The van der Waals surface area contributed by atoms with Crippen molar-refractivity contribution < 1.29 is 9.90 Å². The van der Waals surface area contributed by atoms with Crippen molar-refractivity contribution in [2.45, 2.75) is 39.0 Å². The number of aryl methyl sites for hydroxylation is 1. The molecule has 0 saturated heterocycles. The lowest BCUT2D eigenvalue weighted by Gasteiger charge is -2.27. The molecular formula is C18H25N3O3. The lowest BCUT2D eigenvalue weighted by Crippen LogP contribution is -2.48. The number of rotatable bonds is 7. The number of pyridine rings is 1. The number of anilines is 1. The van der Waals surface area contributed by atoms with Crippen LogP contribution < -0.4 is 15.8 Å². The Morgan fingerprint density at radius 1 is 1.38 bits per heavy atom. The molecular weight excluding hydrogens is 306 g/mol. The molecule has 0 saturated carbocycles. The Kier molecular flexibility index (Phi) is 5.75. The normalized spacial score (nSPS) is 13.7. The third-order valence-corrected chi connectivity index (χ3v) is 4.33. The molecule has 24 heavy (non-hydrogen) atoms. The Morgan fingerprint density at radius 2 is 2.08 bits per heavy atom. The van der Waals surface area contributed by atoms with Crippen LogP contribution in [0.2, 0.25) is 0 Å². The number of H-pyrrole nitrogens is 1. The predicted molar refractivity (Wildman–Crippen MR) is 96.5 cm³/mol. The fourth-order valence-electron chi connectivity index (χ4n) is 2.87. The minimum absolute atomic E-state index is 0.172. The van der Waals surface area contributed by atoms with Gasteiger partial charge in [0.15, 0.2) is 12.0 Å². The summed E-state index contributed by atoms with van der Waals surface area (Å²) in [5.74, 6) is -0.264. The molecule has 3 N–H and O–H groups in total. The number of benzene rings is 1. The molecule has 1 aromatic carbocycles. The van der Waals surface area contributed by atoms with Crippen LogP contribution in [0.1, 0.15) is 25.3 Å². The van der Waals surface area contributed by atoms with Crippen molar-refractivity contribution in [1.29, 1.82) is 0 Å². The van der Waals surface area contributed by atoms with Crippen LogP contribution in [0, 0.1) is 6.92 Å². The number of carbonyl (C=O) groups excluding carboxylic acids is 1. The Morgan fingerprint density at radius 3 is 2.71 bits per heavy atom. The summed E-state index contributed by atoms with van der Waals surface area (Å²) in [6.45, 7) is 3.87. The van der Waals surface area contributed by atoms with Crippen LogP contribution in [0.5, 0.6) is 0 Å². The van der Waals surface area contributed by atoms with E-state index in [4.69, 9.17) is 0 Å². The van der Waals surface area contributed by atoms with Crippen molar-refractivity contribution in [3.63, 3.8) is 0 Å². The number of fused-ring (bicyclic) bond motifs is 1. The van der Waals surface area contributed by atoms with Crippen molar-refractivity contribution >= 4 is 22.4 Å². The van der Waals surface area contributed by atoms with Gasteiger partial charge in [-0.05, 0) is 38.1 Å². The molecule has 0 fully saturated rings. The lowest BCUT2D eigenvalue weighted by atomic mass is 10.1. The van der Waals surface area contributed by atoms with Gasteiger partial charge in [0.25, 0.3) is 0 Å². The molecule has 2 aromatic rings. The Hall–Kier alpha value is -2.18. The van der Waals surface area contributed by atoms with Gasteiger partial charge in [0.2, 0.25) is 5.56 Å². The zero-order valence-electron chi connectivity index (χ0n) is 14.6. The SMILES string of the molecule is CCCC(NC)C(=O)C(O)N(C)c1ccc2c(C)cc(=O)[nH]c2c1. The molecule has 2 atom stereocenters. The van der Waals surface area contributed by atoms with Gasteiger partial charge in [-0.3, -0.25) is 9.59 Å². The van der Waals surface area contributed by atoms with E-state index in [0.717, 1.165) is 17.4 Å².